The molecule has 0 unspecified atom stereocenters. The minimum absolute atomic E-state index is 0. The van der Waals surface area contributed by atoms with Gasteiger partial charge in [0.1, 0.15) is 0 Å². The first-order chi connectivity index (χ1) is 9.61. The van der Waals surface area contributed by atoms with Crippen LogP contribution in [0, 0.1) is 0 Å². The molecule has 2 aromatic heterocycles. The molecule has 2 aromatic rings. The summed E-state index contributed by atoms with van der Waals surface area (Å²) in [5.41, 5.74) is 2.49. The van der Waals surface area contributed by atoms with Crippen molar-refractivity contribution in [2.45, 2.75) is 13.1 Å². The molecule has 0 saturated heterocycles. The molecular formula is C15H24IN5. The van der Waals surface area contributed by atoms with E-state index in [1.165, 1.54) is 11.4 Å². The zero-order chi connectivity index (χ0) is 14.5. The van der Waals surface area contributed by atoms with Gasteiger partial charge in [-0.3, -0.25) is 4.99 Å². The number of aliphatic imine (C=N–C) groups is 1. The molecule has 6 heteroatoms. The minimum atomic E-state index is 0. The van der Waals surface area contributed by atoms with Crippen molar-refractivity contribution in [3.63, 3.8) is 0 Å². The van der Waals surface area contributed by atoms with E-state index in [2.05, 4.69) is 55.8 Å². The van der Waals surface area contributed by atoms with Crippen molar-refractivity contribution in [2.75, 3.05) is 14.1 Å². The van der Waals surface area contributed by atoms with Crippen molar-refractivity contribution in [2.24, 2.45) is 19.1 Å². The monoisotopic (exact) mass is 401 g/mol. The van der Waals surface area contributed by atoms with Gasteiger partial charge >= 0.3 is 0 Å². The lowest BCUT2D eigenvalue weighted by Gasteiger charge is -2.22. The SMILES string of the molecule is CN=C(NCc1cccn1C)N(C)Cc1cccn1C.I. The number of guanidine groups is 1. The molecule has 116 valence electrons. The van der Waals surface area contributed by atoms with E-state index in [9.17, 15) is 0 Å². The normalized spacial score (nSPS) is 11.1. The number of hydrogen-bond acceptors (Lipinski definition) is 1. The summed E-state index contributed by atoms with van der Waals surface area (Å²) >= 11 is 0. The molecule has 5 nitrogen and oxygen atoms in total. The zero-order valence-electron chi connectivity index (χ0n) is 13.1. The molecular weight excluding hydrogens is 377 g/mol. The summed E-state index contributed by atoms with van der Waals surface area (Å²) in [4.78, 5) is 6.46. The maximum atomic E-state index is 4.34. The first-order valence-corrected chi connectivity index (χ1v) is 6.74. The number of nitrogens with one attached hydrogen (secondary N) is 1. The van der Waals surface area contributed by atoms with Gasteiger partial charge in [-0.25, -0.2) is 0 Å². The molecule has 0 radical (unpaired) electrons. The second-order valence-electron chi connectivity index (χ2n) is 4.98. The number of halogens is 1. The highest BCUT2D eigenvalue weighted by molar-refractivity contribution is 14.0. The van der Waals surface area contributed by atoms with Crippen LogP contribution in [-0.4, -0.2) is 34.1 Å². The third-order valence-electron chi connectivity index (χ3n) is 3.50. The van der Waals surface area contributed by atoms with Crippen LogP contribution >= 0.6 is 24.0 Å². The van der Waals surface area contributed by atoms with Crippen LogP contribution in [0.15, 0.2) is 41.7 Å². The lowest BCUT2D eigenvalue weighted by Crippen LogP contribution is -2.38. The summed E-state index contributed by atoms with van der Waals surface area (Å²) in [6, 6.07) is 8.34. The number of hydrogen-bond donors (Lipinski definition) is 1. The lowest BCUT2D eigenvalue weighted by atomic mass is 10.4. The lowest BCUT2D eigenvalue weighted by molar-refractivity contribution is 0.460. The fourth-order valence-electron chi connectivity index (χ4n) is 2.21. The molecule has 0 bridgehead atoms. The Balaban J connectivity index is 0.00000220. The van der Waals surface area contributed by atoms with E-state index in [1.54, 1.807) is 0 Å². The highest BCUT2D eigenvalue weighted by atomic mass is 127. The first-order valence-electron chi connectivity index (χ1n) is 6.74. The maximum Gasteiger partial charge on any atom is 0.194 e. The number of aromatic nitrogens is 2. The molecule has 0 saturated carbocycles. The van der Waals surface area contributed by atoms with Gasteiger partial charge in [0.2, 0.25) is 0 Å². The van der Waals surface area contributed by atoms with E-state index < -0.39 is 0 Å². The summed E-state index contributed by atoms with van der Waals surface area (Å²) in [7, 11) is 7.97. The third kappa shape index (κ3) is 4.52. The van der Waals surface area contributed by atoms with Crippen molar-refractivity contribution < 1.29 is 0 Å². The van der Waals surface area contributed by atoms with Gasteiger partial charge in [-0.05, 0) is 24.3 Å². The first kappa shape index (κ1) is 17.6. The Kier molecular flexibility index (Phi) is 6.80. The maximum absolute atomic E-state index is 4.34. The molecule has 0 aliphatic carbocycles. The molecule has 0 aromatic carbocycles. The van der Waals surface area contributed by atoms with Gasteiger partial charge < -0.3 is 19.4 Å². The summed E-state index contributed by atoms with van der Waals surface area (Å²) in [6.45, 7) is 1.60. The fourth-order valence-corrected chi connectivity index (χ4v) is 2.21. The van der Waals surface area contributed by atoms with E-state index >= 15 is 0 Å². The highest BCUT2D eigenvalue weighted by Gasteiger charge is 2.08. The number of aryl methyl sites for hydroxylation is 2. The van der Waals surface area contributed by atoms with Gasteiger partial charge in [0.15, 0.2) is 5.96 Å². The van der Waals surface area contributed by atoms with Gasteiger partial charge in [0.05, 0.1) is 13.1 Å². The average molecular weight is 401 g/mol. The summed E-state index contributed by atoms with van der Waals surface area (Å²) in [5, 5.41) is 3.39. The minimum Gasteiger partial charge on any atom is -0.353 e. The van der Waals surface area contributed by atoms with Crippen LogP contribution < -0.4 is 5.32 Å². The van der Waals surface area contributed by atoms with Crippen LogP contribution in [0.4, 0.5) is 0 Å². The molecule has 0 fully saturated rings. The predicted molar refractivity (Wildman–Crippen MR) is 97.9 cm³/mol. The Morgan fingerprint density at radius 1 is 1.14 bits per heavy atom. The van der Waals surface area contributed by atoms with Crippen LogP contribution in [-0.2, 0) is 27.2 Å². The molecule has 0 amide bonds. The second kappa shape index (κ2) is 8.11. The highest BCUT2D eigenvalue weighted by Crippen LogP contribution is 2.04. The summed E-state index contributed by atoms with van der Waals surface area (Å²) in [6.07, 6.45) is 4.11. The van der Waals surface area contributed by atoms with Crippen LogP contribution in [0.1, 0.15) is 11.4 Å². The fraction of sp³-hybridized carbons (Fsp3) is 0.400. The predicted octanol–water partition coefficient (Wildman–Crippen LogP) is 2.19. The Hall–Kier alpha value is -1.44. The van der Waals surface area contributed by atoms with Gasteiger partial charge in [-0.1, -0.05) is 0 Å². The van der Waals surface area contributed by atoms with Crippen molar-refractivity contribution in [3.05, 3.63) is 48.0 Å². The van der Waals surface area contributed by atoms with Gasteiger partial charge in [0, 0.05) is 52.0 Å². The van der Waals surface area contributed by atoms with Gasteiger partial charge in [-0.2, -0.15) is 0 Å². The summed E-state index contributed by atoms with van der Waals surface area (Å²) in [5.74, 6) is 0.896. The van der Waals surface area contributed by atoms with Crippen molar-refractivity contribution in [1.82, 2.24) is 19.4 Å². The van der Waals surface area contributed by atoms with E-state index in [-0.39, 0.29) is 24.0 Å². The molecule has 1 N–H and O–H groups in total. The Labute approximate surface area is 143 Å². The molecule has 21 heavy (non-hydrogen) atoms. The van der Waals surface area contributed by atoms with Crippen molar-refractivity contribution in [3.8, 4) is 0 Å². The third-order valence-corrected chi connectivity index (χ3v) is 3.50. The smallest absolute Gasteiger partial charge is 0.194 e. The van der Waals surface area contributed by atoms with E-state index in [0.29, 0.717) is 0 Å². The van der Waals surface area contributed by atoms with Crippen LogP contribution in [0.25, 0.3) is 0 Å². The van der Waals surface area contributed by atoms with Crippen molar-refractivity contribution >= 4 is 29.9 Å². The Morgan fingerprint density at radius 2 is 1.71 bits per heavy atom. The molecule has 0 aliphatic heterocycles. The van der Waals surface area contributed by atoms with Crippen LogP contribution in [0.3, 0.4) is 0 Å². The molecule has 2 rings (SSSR count). The van der Waals surface area contributed by atoms with E-state index in [0.717, 1.165) is 19.0 Å². The van der Waals surface area contributed by atoms with E-state index in [1.807, 2.05) is 33.4 Å². The quantitative estimate of drug-likeness (QED) is 0.485. The van der Waals surface area contributed by atoms with Gasteiger partial charge in [0.25, 0.3) is 0 Å². The topological polar surface area (TPSA) is 37.5 Å². The Bertz CT molecular complexity index is 584. The standard InChI is InChI=1S/C15H23N5.HI/c1-16-15(17-11-13-7-5-9-18(13)2)20(4)12-14-8-6-10-19(14)3;/h5-10H,11-12H2,1-4H3,(H,16,17);1H. The molecule has 2 heterocycles. The van der Waals surface area contributed by atoms with E-state index in [4.69, 9.17) is 0 Å². The van der Waals surface area contributed by atoms with Crippen LogP contribution in [0.2, 0.25) is 0 Å². The average Bonchev–Trinajstić information content (AvgIpc) is 3.00. The molecule has 0 aliphatic rings. The zero-order valence-corrected chi connectivity index (χ0v) is 15.4. The number of nitrogens with zero attached hydrogens (tertiary/aromatic N) is 4. The summed E-state index contributed by atoms with van der Waals surface area (Å²) < 4.78 is 4.23. The van der Waals surface area contributed by atoms with Crippen molar-refractivity contribution in [1.29, 1.82) is 0 Å². The van der Waals surface area contributed by atoms with Crippen LogP contribution in [0.5, 0.6) is 0 Å². The molecule has 0 atom stereocenters. The Morgan fingerprint density at radius 3 is 2.19 bits per heavy atom. The number of rotatable bonds is 4. The second-order valence-corrected chi connectivity index (χ2v) is 4.98. The van der Waals surface area contributed by atoms with Gasteiger partial charge in [-0.15, -0.1) is 24.0 Å². The molecule has 0 spiro atoms. The largest absolute Gasteiger partial charge is 0.353 e.